The molecule has 166 valence electrons. The molecule has 2 atom stereocenters. The van der Waals surface area contributed by atoms with Crippen LogP contribution in [0, 0.1) is 18.6 Å². The molecule has 9 heteroatoms. The molecule has 0 saturated carbocycles. The predicted molar refractivity (Wildman–Crippen MR) is 111 cm³/mol. The molecule has 0 saturated heterocycles. The number of hydrogen-bond donors (Lipinski definition) is 2. The standard InChI is InChI=1S/C22H25F3N4O2/c1-13(23)10-22(3,26)12-27-21(30)19-14(2)28-20-18(8-5-9-29(19)20)31-11-15-16(24)6-4-7-17(15)25/h4-9,13H,10-12,26H2,1-3H3,(H,27,30). The number of hydrogen-bond acceptors (Lipinski definition) is 4. The summed E-state index contributed by atoms with van der Waals surface area (Å²) in [7, 11) is 0. The molecule has 1 aromatic carbocycles. The summed E-state index contributed by atoms with van der Waals surface area (Å²) in [6, 6.07) is 6.81. The van der Waals surface area contributed by atoms with Crippen molar-refractivity contribution in [2.75, 3.05) is 6.54 Å². The van der Waals surface area contributed by atoms with Crippen molar-refractivity contribution >= 4 is 11.6 Å². The first-order valence-corrected chi connectivity index (χ1v) is 9.83. The Hall–Kier alpha value is -3.07. The molecular formula is C22H25F3N4O2. The highest BCUT2D eigenvalue weighted by Crippen LogP contribution is 2.24. The van der Waals surface area contributed by atoms with Crippen LogP contribution in [0.2, 0.25) is 0 Å². The Bertz CT molecular complexity index is 1080. The molecule has 1 amide bonds. The number of halogens is 3. The van der Waals surface area contributed by atoms with Gasteiger partial charge in [0.2, 0.25) is 0 Å². The molecule has 3 N–H and O–H groups in total. The van der Waals surface area contributed by atoms with Crippen LogP contribution in [0.1, 0.15) is 42.0 Å². The van der Waals surface area contributed by atoms with Crippen LogP contribution in [0.4, 0.5) is 13.2 Å². The zero-order valence-corrected chi connectivity index (χ0v) is 17.6. The summed E-state index contributed by atoms with van der Waals surface area (Å²) in [5.41, 5.74) is 5.98. The summed E-state index contributed by atoms with van der Waals surface area (Å²) < 4.78 is 48.2. The molecule has 2 aromatic heterocycles. The summed E-state index contributed by atoms with van der Waals surface area (Å²) >= 11 is 0. The summed E-state index contributed by atoms with van der Waals surface area (Å²) in [6.07, 6.45) is 0.638. The maximum Gasteiger partial charge on any atom is 0.270 e. The minimum atomic E-state index is -1.09. The van der Waals surface area contributed by atoms with Crippen molar-refractivity contribution in [1.82, 2.24) is 14.7 Å². The molecule has 0 aliphatic heterocycles. The molecule has 2 unspecified atom stereocenters. The Balaban J connectivity index is 1.82. The van der Waals surface area contributed by atoms with Crippen LogP contribution in [0.25, 0.3) is 5.65 Å². The Morgan fingerprint density at radius 2 is 1.97 bits per heavy atom. The van der Waals surface area contributed by atoms with Gasteiger partial charge in [-0.15, -0.1) is 0 Å². The van der Waals surface area contributed by atoms with E-state index >= 15 is 0 Å². The summed E-state index contributed by atoms with van der Waals surface area (Å²) in [5.74, 6) is -1.58. The maximum atomic E-state index is 13.9. The summed E-state index contributed by atoms with van der Waals surface area (Å²) in [5, 5.41) is 2.72. The minimum absolute atomic E-state index is 0.0789. The molecule has 6 nitrogen and oxygen atoms in total. The van der Waals surface area contributed by atoms with Crippen LogP contribution in [-0.4, -0.2) is 33.5 Å². The second-order valence-corrected chi connectivity index (χ2v) is 7.92. The van der Waals surface area contributed by atoms with Crippen molar-refractivity contribution in [2.24, 2.45) is 5.73 Å². The number of carbonyl (C=O) groups is 1. The second kappa shape index (κ2) is 8.97. The first kappa shape index (κ1) is 22.6. The van der Waals surface area contributed by atoms with Gasteiger partial charge in [-0.25, -0.2) is 18.2 Å². The van der Waals surface area contributed by atoms with E-state index in [1.54, 1.807) is 32.2 Å². The molecular weight excluding hydrogens is 409 g/mol. The van der Waals surface area contributed by atoms with Gasteiger partial charge in [-0.1, -0.05) is 6.07 Å². The summed E-state index contributed by atoms with van der Waals surface area (Å²) in [6.45, 7) is 4.48. The van der Waals surface area contributed by atoms with Crippen molar-refractivity contribution in [3.05, 3.63) is 65.1 Å². The van der Waals surface area contributed by atoms with Crippen LogP contribution in [0.5, 0.6) is 5.75 Å². The fourth-order valence-electron chi connectivity index (χ4n) is 3.44. The lowest BCUT2D eigenvalue weighted by atomic mass is 9.96. The predicted octanol–water partition coefficient (Wildman–Crippen LogP) is 3.70. The molecule has 3 aromatic rings. The molecule has 2 heterocycles. The van der Waals surface area contributed by atoms with E-state index in [1.165, 1.54) is 17.4 Å². The largest absolute Gasteiger partial charge is 0.485 e. The van der Waals surface area contributed by atoms with E-state index in [4.69, 9.17) is 10.5 Å². The molecule has 0 fully saturated rings. The van der Waals surface area contributed by atoms with E-state index < -0.39 is 29.3 Å². The average molecular weight is 434 g/mol. The highest BCUT2D eigenvalue weighted by atomic mass is 19.1. The normalized spacial score (nSPS) is 14.3. The first-order valence-electron chi connectivity index (χ1n) is 9.83. The lowest BCUT2D eigenvalue weighted by Crippen LogP contribution is -2.49. The number of rotatable bonds is 8. The van der Waals surface area contributed by atoms with Gasteiger partial charge < -0.3 is 15.8 Å². The van der Waals surface area contributed by atoms with Crippen LogP contribution < -0.4 is 15.8 Å². The van der Waals surface area contributed by atoms with Crippen LogP contribution in [-0.2, 0) is 6.61 Å². The minimum Gasteiger partial charge on any atom is -0.485 e. The molecule has 0 spiro atoms. The van der Waals surface area contributed by atoms with Gasteiger partial charge in [-0.3, -0.25) is 9.20 Å². The van der Waals surface area contributed by atoms with Gasteiger partial charge in [-0.05, 0) is 51.5 Å². The fraction of sp³-hybridized carbons (Fsp3) is 0.364. The fourth-order valence-corrected chi connectivity index (χ4v) is 3.44. The number of imidazole rings is 1. The molecule has 0 aliphatic rings. The quantitative estimate of drug-likeness (QED) is 0.567. The van der Waals surface area contributed by atoms with Gasteiger partial charge in [0.15, 0.2) is 11.4 Å². The zero-order chi connectivity index (χ0) is 22.8. The molecule has 0 radical (unpaired) electrons. The summed E-state index contributed by atoms with van der Waals surface area (Å²) in [4.78, 5) is 17.2. The number of aromatic nitrogens is 2. The molecule has 0 bridgehead atoms. The van der Waals surface area contributed by atoms with Gasteiger partial charge in [0.05, 0.1) is 17.4 Å². The van der Waals surface area contributed by atoms with Crippen molar-refractivity contribution in [2.45, 2.75) is 45.5 Å². The van der Waals surface area contributed by atoms with E-state index in [0.717, 1.165) is 12.1 Å². The smallest absolute Gasteiger partial charge is 0.270 e. The topological polar surface area (TPSA) is 81.7 Å². The molecule has 31 heavy (non-hydrogen) atoms. The second-order valence-electron chi connectivity index (χ2n) is 7.92. The first-order chi connectivity index (χ1) is 14.6. The maximum absolute atomic E-state index is 13.9. The lowest BCUT2D eigenvalue weighted by Gasteiger charge is -2.25. The number of nitrogens with one attached hydrogen (secondary N) is 1. The Morgan fingerprint density at radius 3 is 2.61 bits per heavy atom. The van der Waals surface area contributed by atoms with E-state index in [1.807, 2.05) is 0 Å². The highest BCUT2D eigenvalue weighted by Gasteiger charge is 2.25. The monoisotopic (exact) mass is 434 g/mol. The van der Waals surface area contributed by atoms with E-state index in [0.29, 0.717) is 11.3 Å². The van der Waals surface area contributed by atoms with Crippen molar-refractivity contribution in [1.29, 1.82) is 0 Å². The number of benzene rings is 1. The van der Waals surface area contributed by atoms with Crippen LogP contribution in [0.15, 0.2) is 36.5 Å². The number of ether oxygens (including phenoxy) is 1. The van der Waals surface area contributed by atoms with Gasteiger partial charge in [0, 0.05) is 18.3 Å². The Kier molecular flexibility index (Phi) is 6.54. The third kappa shape index (κ3) is 5.16. The molecule has 0 aliphatic carbocycles. The van der Waals surface area contributed by atoms with Crippen molar-refractivity contribution in [3.63, 3.8) is 0 Å². The number of nitrogens with two attached hydrogens (primary N) is 1. The lowest BCUT2D eigenvalue weighted by molar-refractivity contribution is 0.0934. The van der Waals surface area contributed by atoms with Gasteiger partial charge in [0.1, 0.15) is 23.9 Å². The molecule has 3 rings (SSSR count). The van der Waals surface area contributed by atoms with Gasteiger partial charge in [-0.2, -0.15) is 0 Å². The van der Waals surface area contributed by atoms with E-state index in [9.17, 15) is 18.0 Å². The van der Waals surface area contributed by atoms with Crippen molar-refractivity contribution in [3.8, 4) is 5.75 Å². The number of amides is 1. The van der Waals surface area contributed by atoms with E-state index in [2.05, 4.69) is 10.3 Å². The van der Waals surface area contributed by atoms with Crippen molar-refractivity contribution < 1.29 is 22.7 Å². The number of alkyl halides is 1. The number of nitrogens with zero attached hydrogens (tertiary/aromatic N) is 2. The highest BCUT2D eigenvalue weighted by molar-refractivity contribution is 5.95. The number of carbonyl (C=O) groups excluding carboxylic acids is 1. The van der Waals surface area contributed by atoms with E-state index in [-0.39, 0.29) is 36.6 Å². The number of fused-ring (bicyclic) bond motifs is 1. The number of aryl methyl sites for hydroxylation is 1. The van der Waals surface area contributed by atoms with Gasteiger partial charge in [0.25, 0.3) is 5.91 Å². The third-order valence-corrected chi connectivity index (χ3v) is 4.84. The average Bonchev–Trinajstić information content (AvgIpc) is 3.01. The SMILES string of the molecule is Cc1nc2c(OCc3c(F)cccc3F)cccn2c1C(=O)NCC(C)(N)CC(C)F. The van der Waals surface area contributed by atoms with Crippen LogP contribution >= 0.6 is 0 Å². The number of pyridine rings is 1. The Labute approximate surface area is 178 Å². The third-order valence-electron chi connectivity index (χ3n) is 4.84. The zero-order valence-electron chi connectivity index (χ0n) is 17.6. The van der Waals surface area contributed by atoms with Gasteiger partial charge >= 0.3 is 0 Å². The Morgan fingerprint density at radius 1 is 1.29 bits per heavy atom. The van der Waals surface area contributed by atoms with Crippen LogP contribution in [0.3, 0.4) is 0 Å².